The van der Waals surface area contributed by atoms with Crippen molar-refractivity contribution in [2.24, 2.45) is 5.92 Å². The molecule has 1 aliphatic rings. The average molecular weight is 467 g/mol. The Hall–Kier alpha value is -3.35. The summed E-state index contributed by atoms with van der Waals surface area (Å²) in [7, 11) is 0. The molecule has 0 fully saturated rings. The minimum Gasteiger partial charge on any atom is -0.480 e. The van der Waals surface area contributed by atoms with Crippen molar-refractivity contribution in [1.29, 1.82) is 0 Å². The Kier molecular flexibility index (Phi) is 7.97. The number of hydrogen-bond acceptors (Lipinski definition) is 4. The van der Waals surface area contributed by atoms with Gasteiger partial charge < -0.3 is 20.5 Å². The molecule has 2 aromatic carbocycles. The van der Waals surface area contributed by atoms with E-state index in [0.717, 1.165) is 22.3 Å². The van der Waals surface area contributed by atoms with Crippen LogP contribution in [0, 0.1) is 5.92 Å². The van der Waals surface area contributed by atoms with Crippen LogP contribution in [0.2, 0.25) is 0 Å². The SMILES string of the molecule is CCC(C)C(NC(=O)OCC1c2ccccc2-c2ccccc21)C(=O)NC(CC)(CC)C(=O)O. The van der Waals surface area contributed by atoms with Crippen molar-refractivity contribution in [2.75, 3.05) is 6.61 Å². The molecule has 2 atom stereocenters. The van der Waals surface area contributed by atoms with E-state index in [1.165, 1.54) is 0 Å². The number of rotatable bonds is 10. The molecule has 2 amide bonds. The van der Waals surface area contributed by atoms with Gasteiger partial charge in [0.15, 0.2) is 0 Å². The van der Waals surface area contributed by atoms with Gasteiger partial charge in [-0.25, -0.2) is 9.59 Å². The lowest BCUT2D eigenvalue weighted by Gasteiger charge is -2.32. The number of carbonyl (C=O) groups excluding carboxylic acids is 2. The summed E-state index contributed by atoms with van der Waals surface area (Å²) in [5.74, 6) is -1.90. The number of nitrogens with one attached hydrogen (secondary N) is 2. The molecular weight excluding hydrogens is 432 g/mol. The van der Waals surface area contributed by atoms with Crippen LogP contribution < -0.4 is 10.6 Å². The molecule has 0 aromatic heterocycles. The summed E-state index contributed by atoms with van der Waals surface area (Å²) < 4.78 is 5.60. The highest BCUT2D eigenvalue weighted by atomic mass is 16.5. The van der Waals surface area contributed by atoms with Crippen molar-refractivity contribution in [3.05, 3.63) is 59.7 Å². The number of carboxylic acid groups (broad SMARTS) is 1. The van der Waals surface area contributed by atoms with Gasteiger partial charge in [0.1, 0.15) is 18.2 Å². The van der Waals surface area contributed by atoms with Gasteiger partial charge in [-0.05, 0) is 41.0 Å². The van der Waals surface area contributed by atoms with E-state index in [1.54, 1.807) is 13.8 Å². The molecular formula is C27H34N2O5. The Labute approximate surface area is 200 Å². The molecule has 7 nitrogen and oxygen atoms in total. The Morgan fingerprint density at radius 2 is 1.50 bits per heavy atom. The molecule has 0 heterocycles. The number of carbonyl (C=O) groups is 3. The maximum atomic E-state index is 13.1. The monoisotopic (exact) mass is 466 g/mol. The second kappa shape index (κ2) is 10.7. The van der Waals surface area contributed by atoms with E-state index in [9.17, 15) is 19.5 Å². The summed E-state index contributed by atoms with van der Waals surface area (Å²) in [5, 5.41) is 15.0. The van der Waals surface area contributed by atoms with Crippen molar-refractivity contribution >= 4 is 18.0 Å². The lowest BCUT2D eigenvalue weighted by molar-refractivity contribution is -0.148. The molecule has 1 aliphatic carbocycles. The second-order valence-electron chi connectivity index (χ2n) is 8.92. The highest BCUT2D eigenvalue weighted by Crippen LogP contribution is 2.44. The van der Waals surface area contributed by atoms with Crippen LogP contribution >= 0.6 is 0 Å². The quantitative estimate of drug-likeness (QED) is 0.471. The van der Waals surface area contributed by atoms with E-state index in [2.05, 4.69) is 22.8 Å². The van der Waals surface area contributed by atoms with Gasteiger partial charge in [-0.1, -0.05) is 82.6 Å². The maximum absolute atomic E-state index is 13.1. The molecule has 0 spiro atoms. The molecule has 34 heavy (non-hydrogen) atoms. The molecule has 0 saturated carbocycles. The van der Waals surface area contributed by atoms with Gasteiger partial charge in [0.25, 0.3) is 0 Å². The van der Waals surface area contributed by atoms with E-state index in [4.69, 9.17) is 4.74 Å². The summed E-state index contributed by atoms with van der Waals surface area (Å²) in [4.78, 5) is 37.7. The zero-order valence-electron chi connectivity index (χ0n) is 20.3. The lowest BCUT2D eigenvalue weighted by Crippen LogP contribution is -2.60. The fourth-order valence-corrected chi connectivity index (χ4v) is 4.57. The van der Waals surface area contributed by atoms with Crippen molar-refractivity contribution in [3.8, 4) is 11.1 Å². The van der Waals surface area contributed by atoms with Crippen molar-refractivity contribution in [3.63, 3.8) is 0 Å². The molecule has 0 aliphatic heterocycles. The summed E-state index contributed by atoms with van der Waals surface area (Å²) in [6, 6.07) is 15.2. The highest BCUT2D eigenvalue weighted by Gasteiger charge is 2.39. The largest absolute Gasteiger partial charge is 0.480 e. The number of benzene rings is 2. The summed E-state index contributed by atoms with van der Waals surface area (Å²) in [5.41, 5.74) is 3.10. The smallest absolute Gasteiger partial charge is 0.407 e. The van der Waals surface area contributed by atoms with Crippen LogP contribution in [0.4, 0.5) is 4.79 Å². The second-order valence-corrected chi connectivity index (χ2v) is 8.92. The van der Waals surface area contributed by atoms with Gasteiger partial charge >= 0.3 is 12.1 Å². The van der Waals surface area contributed by atoms with Crippen LogP contribution in [0.5, 0.6) is 0 Å². The third-order valence-electron chi connectivity index (χ3n) is 7.09. The lowest BCUT2D eigenvalue weighted by atomic mass is 9.91. The molecule has 182 valence electrons. The van der Waals surface area contributed by atoms with Gasteiger partial charge in [0.05, 0.1) is 0 Å². The average Bonchev–Trinajstić information content (AvgIpc) is 3.17. The van der Waals surface area contributed by atoms with E-state index in [1.807, 2.05) is 50.2 Å². The van der Waals surface area contributed by atoms with E-state index in [0.29, 0.717) is 6.42 Å². The first-order valence-corrected chi connectivity index (χ1v) is 11.9. The van der Waals surface area contributed by atoms with Crippen molar-refractivity contribution in [2.45, 2.75) is 64.5 Å². The van der Waals surface area contributed by atoms with Crippen LogP contribution in [0.1, 0.15) is 64.0 Å². The fraction of sp³-hybridized carbons (Fsp3) is 0.444. The van der Waals surface area contributed by atoms with Gasteiger partial charge in [-0.2, -0.15) is 0 Å². The first-order valence-electron chi connectivity index (χ1n) is 11.9. The van der Waals surface area contributed by atoms with E-state index < -0.39 is 29.6 Å². The molecule has 0 saturated heterocycles. The number of fused-ring (bicyclic) bond motifs is 3. The zero-order valence-corrected chi connectivity index (χ0v) is 20.3. The first kappa shape index (κ1) is 25.3. The third-order valence-corrected chi connectivity index (χ3v) is 7.09. The Morgan fingerprint density at radius 3 is 1.97 bits per heavy atom. The number of ether oxygens (including phenoxy) is 1. The van der Waals surface area contributed by atoms with Gasteiger partial charge in [-0.3, -0.25) is 4.79 Å². The maximum Gasteiger partial charge on any atom is 0.407 e. The molecule has 2 unspecified atom stereocenters. The Morgan fingerprint density at radius 1 is 0.971 bits per heavy atom. The summed E-state index contributed by atoms with van der Waals surface area (Å²) in [6.07, 6.45) is 0.405. The number of aliphatic carboxylic acids is 1. The Bertz CT molecular complexity index is 1000. The van der Waals surface area contributed by atoms with Crippen LogP contribution in [0.3, 0.4) is 0 Å². The normalized spacial score (nSPS) is 14.5. The summed E-state index contributed by atoms with van der Waals surface area (Å²) in [6.45, 7) is 7.32. The van der Waals surface area contributed by atoms with Crippen LogP contribution in [-0.2, 0) is 14.3 Å². The van der Waals surface area contributed by atoms with Gasteiger partial charge in [0.2, 0.25) is 5.91 Å². The first-order chi connectivity index (χ1) is 16.3. The highest BCUT2D eigenvalue weighted by molar-refractivity contribution is 5.91. The predicted octanol–water partition coefficient (Wildman–Crippen LogP) is 4.70. The zero-order chi connectivity index (χ0) is 24.9. The number of alkyl carbamates (subject to hydrolysis) is 1. The minimum atomic E-state index is -1.37. The predicted molar refractivity (Wildman–Crippen MR) is 131 cm³/mol. The van der Waals surface area contributed by atoms with Gasteiger partial charge in [0, 0.05) is 5.92 Å². The fourth-order valence-electron chi connectivity index (χ4n) is 4.57. The molecule has 3 rings (SSSR count). The van der Waals surface area contributed by atoms with Crippen molar-refractivity contribution in [1.82, 2.24) is 10.6 Å². The molecule has 0 bridgehead atoms. The van der Waals surface area contributed by atoms with Crippen LogP contribution in [0.15, 0.2) is 48.5 Å². The molecule has 2 aromatic rings. The van der Waals surface area contributed by atoms with Gasteiger partial charge in [-0.15, -0.1) is 0 Å². The summed E-state index contributed by atoms with van der Waals surface area (Å²) >= 11 is 0. The number of amides is 2. The van der Waals surface area contributed by atoms with E-state index in [-0.39, 0.29) is 31.3 Å². The van der Waals surface area contributed by atoms with E-state index >= 15 is 0 Å². The minimum absolute atomic E-state index is 0.0890. The topological polar surface area (TPSA) is 105 Å². The number of hydrogen-bond donors (Lipinski definition) is 3. The third kappa shape index (κ3) is 4.93. The molecule has 3 N–H and O–H groups in total. The van der Waals surface area contributed by atoms with Crippen LogP contribution in [-0.4, -0.2) is 41.3 Å². The standard InChI is InChI=1S/C27H34N2O5/c1-5-17(4)23(24(30)29-27(6-2,7-3)25(31)32)28-26(33)34-16-22-20-14-10-8-12-18(20)19-13-9-11-15-21(19)22/h8-15,17,22-23H,5-7,16H2,1-4H3,(H,28,33)(H,29,30)(H,31,32). The Balaban J connectivity index is 1.71. The molecule has 7 heteroatoms. The number of carboxylic acids is 1. The van der Waals surface area contributed by atoms with Crippen LogP contribution in [0.25, 0.3) is 11.1 Å². The van der Waals surface area contributed by atoms with Crippen molar-refractivity contribution < 1.29 is 24.2 Å². The molecule has 0 radical (unpaired) electrons.